The third-order valence-corrected chi connectivity index (χ3v) is 4.01. The van der Waals surface area contributed by atoms with E-state index < -0.39 is 6.10 Å². The van der Waals surface area contributed by atoms with Crippen molar-refractivity contribution in [3.05, 3.63) is 60.2 Å². The van der Waals surface area contributed by atoms with Crippen LogP contribution in [0, 0.1) is 0 Å². The summed E-state index contributed by atoms with van der Waals surface area (Å²) in [6.07, 6.45) is 2.01. The summed E-state index contributed by atoms with van der Waals surface area (Å²) in [6, 6.07) is 18.0. The van der Waals surface area contributed by atoms with Crippen LogP contribution in [-0.2, 0) is 6.42 Å². The predicted molar refractivity (Wildman–Crippen MR) is 87.6 cm³/mol. The first-order valence-electron chi connectivity index (χ1n) is 7.81. The number of hydrogen-bond donors (Lipinski definition) is 1. The quantitative estimate of drug-likeness (QED) is 0.758. The molecule has 1 heterocycles. The highest BCUT2D eigenvalue weighted by Crippen LogP contribution is 2.24. The van der Waals surface area contributed by atoms with Crippen molar-refractivity contribution in [2.45, 2.75) is 38.3 Å². The van der Waals surface area contributed by atoms with Gasteiger partial charge in [0.2, 0.25) is 0 Å². The molecule has 4 nitrogen and oxygen atoms in total. The number of fused-ring (bicyclic) bond motifs is 1. The van der Waals surface area contributed by atoms with E-state index in [1.54, 1.807) is 0 Å². The molecule has 0 spiro atoms. The molecule has 2 aromatic carbocycles. The molecule has 22 heavy (non-hydrogen) atoms. The van der Waals surface area contributed by atoms with Gasteiger partial charge in [-0.15, -0.1) is 5.10 Å². The lowest BCUT2D eigenvalue weighted by atomic mass is 9.98. The van der Waals surface area contributed by atoms with Gasteiger partial charge in [0.1, 0.15) is 5.52 Å². The maximum absolute atomic E-state index is 10.6. The van der Waals surface area contributed by atoms with Crippen LogP contribution in [0.5, 0.6) is 0 Å². The molecular weight excluding hydrogens is 274 g/mol. The number of para-hydroxylation sites is 1. The fraction of sp³-hybridized carbons (Fsp3) is 0.333. The topological polar surface area (TPSA) is 50.9 Å². The Morgan fingerprint density at radius 1 is 1.05 bits per heavy atom. The number of benzene rings is 2. The van der Waals surface area contributed by atoms with Crippen molar-refractivity contribution in [2.75, 3.05) is 0 Å². The molecule has 2 atom stereocenters. The van der Waals surface area contributed by atoms with Gasteiger partial charge in [-0.05, 0) is 30.5 Å². The van der Waals surface area contributed by atoms with Crippen LogP contribution in [-0.4, -0.2) is 26.2 Å². The molecule has 0 saturated carbocycles. The van der Waals surface area contributed by atoms with Crippen molar-refractivity contribution in [2.24, 2.45) is 0 Å². The summed E-state index contributed by atoms with van der Waals surface area (Å²) in [5, 5.41) is 19.1. The molecule has 3 rings (SSSR count). The van der Waals surface area contributed by atoms with E-state index in [1.807, 2.05) is 47.1 Å². The fourth-order valence-corrected chi connectivity index (χ4v) is 2.86. The van der Waals surface area contributed by atoms with Gasteiger partial charge in [-0.25, -0.2) is 4.68 Å². The average Bonchev–Trinajstić information content (AvgIpc) is 2.97. The molecular formula is C18H21N3O. The highest BCUT2D eigenvalue weighted by molar-refractivity contribution is 5.74. The van der Waals surface area contributed by atoms with Crippen molar-refractivity contribution in [1.29, 1.82) is 0 Å². The van der Waals surface area contributed by atoms with E-state index in [-0.39, 0.29) is 6.04 Å². The second-order valence-electron chi connectivity index (χ2n) is 5.64. The fourth-order valence-electron chi connectivity index (χ4n) is 2.86. The van der Waals surface area contributed by atoms with E-state index >= 15 is 0 Å². The molecule has 3 aromatic rings. The van der Waals surface area contributed by atoms with Gasteiger partial charge in [-0.1, -0.05) is 61.0 Å². The van der Waals surface area contributed by atoms with E-state index in [0.717, 1.165) is 30.3 Å². The van der Waals surface area contributed by atoms with Gasteiger partial charge in [-0.3, -0.25) is 0 Å². The third kappa shape index (κ3) is 3.02. The third-order valence-electron chi connectivity index (χ3n) is 4.01. The van der Waals surface area contributed by atoms with E-state index in [2.05, 4.69) is 29.4 Å². The van der Waals surface area contributed by atoms with Crippen LogP contribution in [0.2, 0.25) is 0 Å². The summed E-state index contributed by atoms with van der Waals surface area (Å²) >= 11 is 0. The number of hydrogen-bond acceptors (Lipinski definition) is 3. The lowest BCUT2D eigenvalue weighted by Crippen LogP contribution is -2.27. The molecule has 0 amide bonds. The van der Waals surface area contributed by atoms with Crippen molar-refractivity contribution in [1.82, 2.24) is 15.0 Å². The molecule has 0 aliphatic carbocycles. The van der Waals surface area contributed by atoms with Gasteiger partial charge in [0.15, 0.2) is 0 Å². The van der Waals surface area contributed by atoms with Crippen molar-refractivity contribution in [3.63, 3.8) is 0 Å². The van der Waals surface area contributed by atoms with Gasteiger partial charge >= 0.3 is 0 Å². The predicted octanol–water partition coefficient (Wildman–Crippen LogP) is 3.38. The highest BCUT2D eigenvalue weighted by Gasteiger charge is 2.23. The Morgan fingerprint density at radius 3 is 2.55 bits per heavy atom. The van der Waals surface area contributed by atoms with Crippen LogP contribution >= 0.6 is 0 Å². The minimum absolute atomic E-state index is 0.102. The largest absolute Gasteiger partial charge is 0.391 e. The second-order valence-corrected chi connectivity index (χ2v) is 5.64. The molecule has 1 N–H and O–H groups in total. The standard InChI is InChI=1S/C18H21N3O/c1-2-8-18(22)17(13-14-9-4-3-5-10-14)21-16-12-7-6-11-15(16)19-20-21/h3-7,9-12,17-18,22H,2,8,13H2,1H3. The Morgan fingerprint density at radius 2 is 1.77 bits per heavy atom. The molecule has 0 fully saturated rings. The van der Waals surface area contributed by atoms with Crippen LogP contribution in [0.25, 0.3) is 11.0 Å². The molecule has 0 bridgehead atoms. The molecule has 1 aromatic heterocycles. The molecule has 4 heteroatoms. The zero-order valence-electron chi connectivity index (χ0n) is 12.8. The van der Waals surface area contributed by atoms with Crippen LogP contribution in [0.1, 0.15) is 31.4 Å². The summed E-state index contributed by atoms with van der Waals surface area (Å²) in [5.74, 6) is 0. The number of aromatic nitrogens is 3. The maximum Gasteiger partial charge on any atom is 0.113 e. The normalized spacial score (nSPS) is 14.1. The number of aliphatic hydroxyl groups is 1. The Labute approximate surface area is 130 Å². The lowest BCUT2D eigenvalue weighted by molar-refractivity contribution is 0.0973. The van der Waals surface area contributed by atoms with Gasteiger partial charge in [0.25, 0.3) is 0 Å². The average molecular weight is 295 g/mol. The summed E-state index contributed by atoms with van der Waals surface area (Å²) in [4.78, 5) is 0. The van der Waals surface area contributed by atoms with Gasteiger partial charge in [0, 0.05) is 0 Å². The minimum Gasteiger partial charge on any atom is -0.391 e. The molecule has 0 saturated heterocycles. The van der Waals surface area contributed by atoms with E-state index in [4.69, 9.17) is 0 Å². The summed E-state index contributed by atoms with van der Waals surface area (Å²) in [6.45, 7) is 2.09. The monoisotopic (exact) mass is 295 g/mol. The number of rotatable bonds is 6. The number of nitrogens with zero attached hydrogens (tertiary/aromatic N) is 3. The Balaban J connectivity index is 1.97. The van der Waals surface area contributed by atoms with Crippen molar-refractivity contribution in [3.8, 4) is 0 Å². The van der Waals surface area contributed by atoms with Crippen LogP contribution in [0.15, 0.2) is 54.6 Å². The van der Waals surface area contributed by atoms with Gasteiger partial charge in [0.05, 0.1) is 17.7 Å². The molecule has 0 aliphatic rings. The van der Waals surface area contributed by atoms with E-state index in [9.17, 15) is 5.11 Å². The highest BCUT2D eigenvalue weighted by atomic mass is 16.3. The van der Waals surface area contributed by atoms with Crippen LogP contribution in [0.3, 0.4) is 0 Å². The van der Waals surface area contributed by atoms with E-state index in [1.165, 1.54) is 5.56 Å². The summed E-state index contributed by atoms with van der Waals surface area (Å²) in [7, 11) is 0. The SMILES string of the molecule is CCCC(O)C(Cc1ccccc1)n1nnc2ccccc21. The van der Waals surface area contributed by atoms with Crippen LogP contribution < -0.4 is 0 Å². The number of aliphatic hydroxyl groups excluding tert-OH is 1. The Kier molecular flexibility index (Phi) is 4.49. The summed E-state index contributed by atoms with van der Waals surface area (Å²) < 4.78 is 1.88. The molecule has 0 aliphatic heterocycles. The molecule has 114 valence electrons. The van der Waals surface area contributed by atoms with Crippen LogP contribution in [0.4, 0.5) is 0 Å². The first-order valence-corrected chi connectivity index (χ1v) is 7.81. The molecule has 2 unspecified atom stereocenters. The first-order chi connectivity index (χ1) is 10.8. The Hall–Kier alpha value is -2.20. The Bertz CT molecular complexity index is 723. The second kappa shape index (κ2) is 6.71. The minimum atomic E-state index is -0.435. The van der Waals surface area contributed by atoms with E-state index in [0.29, 0.717) is 0 Å². The zero-order chi connectivity index (χ0) is 15.4. The zero-order valence-corrected chi connectivity index (χ0v) is 12.8. The molecule has 0 radical (unpaired) electrons. The van der Waals surface area contributed by atoms with Crippen molar-refractivity contribution < 1.29 is 5.11 Å². The maximum atomic E-state index is 10.6. The first kappa shape index (κ1) is 14.7. The van der Waals surface area contributed by atoms with Gasteiger partial charge in [-0.2, -0.15) is 0 Å². The van der Waals surface area contributed by atoms with Gasteiger partial charge < -0.3 is 5.11 Å². The van der Waals surface area contributed by atoms with Crippen molar-refractivity contribution >= 4 is 11.0 Å². The smallest absolute Gasteiger partial charge is 0.113 e. The summed E-state index contributed by atoms with van der Waals surface area (Å²) in [5.41, 5.74) is 3.03. The lowest BCUT2D eigenvalue weighted by Gasteiger charge is -2.23.